The van der Waals surface area contributed by atoms with Gasteiger partial charge in [-0.2, -0.15) is 0 Å². The molecule has 0 saturated heterocycles. The van der Waals surface area contributed by atoms with E-state index in [0.29, 0.717) is 29.4 Å². The highest BCUT2D eigenvalue weighted by atomic mass is 19.1. The van der Waals surface area contributed by atoms with E-state index in [1.807, 2.05) is 18.2 Å². The largest absolute Gasteiger partial charge is 0.397 e. The number of carbonyl (C=O) groups is 1. The molecule has 0 fully saturated rings. The van der Waals surface area contributed by atoms with E-state index in [1.165, 1.54) is 24.7 Å². The quantitative estimate of drug-likeness (QED) is 0.426. The van der Waals surface area contributed by atoms with Gasteiger partial charge in [0.1, 0.15) is 17.3 Å². The summed E-state index contributed by atoms with van der Waals surface area (Å²) in [5, 5.41) is 5.81. The predicted octanol–water partition coefficient (Wildman–Crippen LogP) is 3.25. The first-order valence-electron chi connectivity index (χ1n) is 9.09. The number of nitrogens with two attached hydrogens (primary N) is 1. The molecule has 30 heavy (non-hydrogen) atoms. The maximum absolute atomic E-state index is 13.3. The number of halogens is 1. The van der Waals surface area contributed by atoms with E-state index in [1.54, 1.807) is 35.2 Å². The van der Waals surface area contributed by atoms with Crippen LogP contribution in [0.1, 0.15) is 16.2 Å². The topological polar surface area (TPSA) is 111 Å². The van der Waals surface area contributed by atoms with Crippen molar-refractivity contribution in [1.29, 1.82) is 0 Å². The third-order valence-electron chi connectivity index (χ3n) is 4.30. The summed E-state index contributed by atoms with van der Waals surface area (Å²) in [4.78, 5) is 25.1. The van der Waals surface area contributed by atoms with Crippen LogP contribution in [0.2, 0.25) is 0 Å². The lowest BCUT2D eigenvalue weighted by molar-refractivity contribution is 0.102. The molecule has 3 aromatic heterocycles. The fourth-order valence-electron chi connectivity index (χ4n) is 2.75. The molecule has 0 spiro atoms. The molecule has 9 heteroatoms. The van der Waals surface area contributed by atoms with Crippen molar-refractivity contribution < 1.29 is 9.18 Å². The van der Waals surface area contributed by atoms with Gasteiger partial charge in [-0.3, -0.25) is 9.78 Å². The van der Waals surface area contributed by atoms with Gasteiger partial charge in [0.2, 0.25) is 0 Å². The Balaban J connectivity index is 1.43. The van der Waals surface area contributed by atoms with Crippen molar-refractivity contribution in [3.05, 3.63) is 90.7 Å². The number of amides is 1. The molecule has 0 saturated carbocycles. The van der Waals surface area contributed by atoms with Crippen LogP contribution in [0.25, 0.3) is 5.69 Å². The Kier molecular flexibility index (Phi) is 5.33. The maximum Gasteiger partial charge on any atom is 0.275 e. The third-order valence-corrected chi connectivity index (χ3v) is 4.30. The van der Waals surface area contributed by atoms with E-state index in [9.17, 15) is 9.18 Å². The van der Waals surface area contributed by atoms with Crippen molar-refractivity contribution in [3.8, 4) is 5.69 Å². The third kappa shape index (κ3) is 4.41. The molecule has 3 heterocycles. The fraction of sp³-hybridized carbons (Fsp3) is 0.0476. The maximum atomic E-state index is 13.3. The van der Waals surface area contributed by atoms with Crippen molar-refractivity contribution in [2.45, 2.75) is 6.54 Å². The number of hydrogen-bond acceptors (Lipinski definition) is 6. The summed E-state index contributed by atoms with van der Waals surface area (Å²) in [6.07, 6.45) is 7.47. The second kappa shape index (κ2) is 8.39. The minimum atomic E-state index is -0.457. The van der Waals surface area contributed by atoms with Crippen LogP contribution in [0.15, 0.2) is 73.4 Å². The first-order chi connectivity index (χ1) is 14.6. The number of nitrogens with one attached hydrogen (secondary N) is 2. The molecule has 150 valence electrons. The average Bonchev–Trinajstić information content (AvgIpc) is 3.21. The van der Waals surface area contributed by atoms with Crippen LogP contribution in [-0.4, -0.2) is 25.4 Å². The predicted molar refractivity (Wildman–Crippen MR) is 112 cm³/mol. The molecule has 8 nitrogen and oxygen atoms in total. The molecule has 0 radical (unpaired) electrons. The van der Waals surface area contributed by atoms with Crippen molar-refractivity contribution >= 4 is 23.1 Å². The van der Waals surface area contributed by atoms with Crippen LogP contribution in [0.5, 0.6) is 0 Å². The highest BCUT2D eigenvalue weighted by Crippen LogP contribution is 2.23. The number of aromatic nitrogens is 4. The molecule has 0 aliphatic carbocycles. The van der Waals surface area contributed by atoms with Gasteiger partial charge < -0.3 is 20.9 Å². The van der Waals surface area contributed by atoms with Crippen LogP contribution in [0.4, 0.5) is 21.6 Å². The number of benzene rings is 1. The van der Waals surface area contributed by atoms with Gasteiger partial charge in [0.25, 0.3) is 5.91 Å². The number of rotatable bonds is 6. The second-order valence-electron chi connectivity index (χ2n) is 6.42. The molecule has 0 unspecified atom stereocenters. The minimum Gasteiger partial charge on any atom is -0.397 e. The molecular weight excluding hydrogens is 385 g/mol. The Hall–Kier alpha value is -4.27. The Morgan fingerprint density at radius 3 is 2.70 bits per heavy atom. The molecule has 0 atom stereocenters. The molecule has 4 N–H and O–H groups in total. The molecule has 1 amide bonds. The van der Waals surface area contributed by atoms with Crippen LogP contribution in [-0.2, 0) is 6.54 Å². The van der Waals surface area contributed by atoms with Gasteiger partial charge in [0.15, 0.2) is 0 Å². The van der Waals surface area contributed by atoms with Crippen molar-refractivity contribution in [3.63, 3.8) is 0 Å². The molecule has 4 aromatic rings. The number of hydrogen-bond donors (Lipinski definition) is 3. The highest BCUT2D eigenvalue weighted by molar-refractivity contribution is 6.04. The molecule has 0 aliphatic rings. The normalized spacial score (nSPS) is 10.6. The van der Waals surface area contributed by atoms with Gasteiger partial charge in [-0.05, 0) is 36.4 Å². The summed E-state index contributed by atoms with van der Waals surface area (Å²) >= 11 is 0. The van der Waals surface area contributed by atoms with Gasteiger partial charge in [-0.1, -0.05) is 6.07 Å². The van der Waals surface area contributed by atoms with Crippen LogP contribution >= 0.6 is 0 Å². The van der Waals surface area contributed by atoms with E-state index in [-0.39, 0.29) is 11.5 Å². The van der Waals surface area contributed by atoms with Crippen molar-refractivity contribution in [1.82, 2.24) is 19.5 Å². The lowest BCUT2D eigenvalue weighted by atomic mass is 10.2. The first kappa shape index (κ1) is 19.1. The van der Waals surface area contributed by atoms with Crippen LogP contribution in [0.3, 0.4) is 0 Å². The number of anilines is 3. The zero-order valence-corrected chi connectivity index (χ0v) is 15.8. The number of nitrogen functional groups attached to an aromatic ring is 1. The number of nitrogens with zero attached hydrogens (tertiary/aromatic N) is 4. The lowest BCUT2D eigenvalue weighted by Crippen LogP contribution is -2.16. The van der Waals surface area contributed by atoms with E-state index < -0.39 is 5.91 Å². The summed E-state index contributed by atoms with van der Waals surface area (Å²) in [6.45, 7) is 0.490. The SMILES string of the molecule is Nc1ccc(-n2ccc(F)c2)cc1NC(=O)c1cnc(NCc2ccccn2)cn1. The Morgan fingerprint density at radius 1 is 1.10 bits per heavy atom. The smallest absolute Gasteiger partial charge is 0.275 e. The summed E-state index contributed by atoms with van der Waals surface area (Å²) < 4.78 is 14.9. The van der Waals surface area contributed by atoms with E-state index in [4.69, 9.17) is 5.73 Å². The summed E-state index contributed by atoms with van der Waals surface area (Å²) in [7, 11) is 0. The zero-order valence-electron chi connectivity index (χ0n) is 15.8. The molecule has 0 bridgehead atoms. The molecule has 4 rings (SSSR count). The Labute approximate surface area is 171 Å². The Bertz CT molecular complexity index is 1160. The molecule has 1 aromatic carbocycles. The first-order valence-corrected chi connectivity index (χ1v) is 9.09. The second-order valence-corrected chi connectivity index (χ2v) is 6.42. The minimum absolute atomic E-state index is 0.134. The number of carbonyl (C=O) groups excluding carboxylic acids is 1. The Morgan fingerprint density at radius 2 is 2.00 bits per heavy atom. The van der Waals surface area contributed by atoms with E-state index in [0.717, 1.165) is 5.69 Å². The monoisotopic (exact) mass is 403 g/mol. The average molecular weight is 403 g/mol. The fourth-order valence-corrected chi connectivity index (χ4v) is 2.75. The van der Waals surface area contributed by atoms with Gasteiger partial charge in [-0.25, -0.2) is 14.4 Å². The van der Waals surface area contributed by atoms with Crippen LogP contribution in [0, 0.1) is 5.82 Å². The van der Waals surface area contributed by atoms with Crippen molar-refractivity contribution in [2.75, 3.05) is 16.4 Å². The lowest BCUT2D eigenvalue weighted by Gasteiger charge is -2.11. The zero-order chi connectivity index (χ0) is 20.9. The molecule has 0 aliphatic heterocycles. The molecular formula is C21H18FN7O. The van der Waals surface area contributed by atoms with Gasteiger partial charge in [0, 0.05) is 24.3 Å². The van der Waals surface area contributed by atoms with Crippen molar-refractivity contribution in [2.24, 2.45) is 0 Å². The van der Waals surface area contributed by atoms with Gasteiger partial charge in [0.05, 0.1) is 36.0 Å². The van der Waals surface area contributed by atoms with E-state index >= 15 is 0 Å². The highest BCUT2D eigenvalue weighted by Gasteiger charge is 2.12. The van der Waals surface area contributed by atoms with Crippen LogP contribution < -0.4 is 16.4 Å². The number of pyridine rings is 1. The summed E-state index contributed by atoms with van der Waals surface area (Å²) in [6, 6.07) is 12.0. The summed E-state index contributed by atoms with van der Waals surface area (Å²) in [5.41, 5.74) is 8.39. The van der Waals surface area contributed by atoms with Gasteiger partial charge in [-0.15, -0.1) is 0 Å². The van der Waals surface area contributed by atoms with Gasteiger partial charge >= 0.3 is 0 Å². The summed E-state index contributed by atoms with van der Waals surface area (Å²) in [5.74, 6) is -0.293. The standard InChI is InChI=1S/C21H18FN7O/c22-14-6-8-29(13-14)16-4-5-17(23)18(9-16)28-21(30)19-11-27-20(12-25-19)26-10-15-3-1-2-7-24-15/h1-9,11-13H,10,23H2,(H,26,27)(H,28,30). The van der Waals surface area contributed by atoms with E-state index in [2.05, 4.69) is 25.6 Å².